The van der Waals surface area contributed by atoms with Gasteiger partial charge in [-0.2, -0.15) is 0 Å². The summed E-state index contributed by atoms with van der Waals surface area (Å²) < 4.78 is 14.6. The molecule has 3 aromatic heterocycles. The minimum atomic E-state index is -0.479. The summed E-state index contributed by atoms with van der Waals surface area (Å²) in [4.78, 5) is 42.2. The van der Waals surface area contributed by atoms with Gasteiger partial charge in [-0.1, -0.05) is 37.1 Å². The number of nitrogens with one attached hydrogen (secondary N) is 1. The van der Waals surface area contributed by atoms with Crippen LogP contribution in [-0.4, -0.2) is 54.6 Å². The zero-order valence-electron chi connectivity index (χ0n) is 20.9. The molecule has 1 aromatic carbocycles. The first-order valence-corrected chi connectivity index (χ1v) is 12.9. The summed E-state index contributed by atoms with van der Waals surface area (Å²) in [7, 11) is 0. The first-order valence-electron chi connectivity index (χ1n) is 12.9. The molecule has 1 aliphatic heterocycles. The first kappa shape index (κ1) is 23.5. The number of fused-ring (bicyclic) bond motifs is 1. The average molecular weight is 501 g/mol. The van der Waals surface area contributed by atoms with E-state index in [1.54, 1.807) is 24.2 Å². The Hall–Kier alpha value is -3.88. The molecule has 2 fully saturated rings. The number of nitrogens with zero attached hydrogens (tertiary/aromatic N) is 5. The number of aromatic nitrogens is 5. The molecule has 9 heteroatoms. The summed E-state index contributed by atoms with van der Waals surface area (Å²) in [6, 6.07) is 9.45. The van der Waals surface area contributed by atoms with Crippen LogP contribution in [0.15, 0.2) is 47.5 Å². The molecule has 1 saturated carbocycles. The highest BCUT2D eigenvalue weighted by molar-refractivity contribution is 6.06. The summed E-state index contributed by atoms with van der Waals surface area (Å²) in [5.41, 5.74) is 4.21. The Morgan fingerprint density at radius 3 is 2.54 bits per heavy atom. The van der Waals surface area contributed by atoms with Gasteiger partial charge in [-0.3, -0.25) is 29.0 Å². The van der Waals surface area contributed by atoms with Crippen molar-refractivity contribution in [3.05, 3.63) is 69.9 Å². The van der Waals surface area contributed by atoms with Crippen LogP contribution in [0.2, 0.25) is 0 Å². The van der Waals surface area contributed by atoms with Crippen LogP contribution in [0.5, 0.6) is 0 Å². The lowest BCUT2D eigenvalue weighted by Crippen LogP contribution is -2.58. The minimum Gasteiger partial charge on any atom is -0.335 e. The SMILES string of the molecule is Cc1nccnc1-c1[nH]n2c(=O)cc(-c3ccc(C4CCCC4)cc3)nc2c1C(=O)N1C[C@H](CF)[C@@H]1C. The fourth-order valence-corrected chi connectivity index (χ4v) is 5.67. The Balaban J connectivity index is 1.49. The maximum Gasteiger partial charge on any atom is 0.273 e. The summed E-state index contributed by atoms with van der Waals surface area (Å²) in [5, 5.41) is 3.06. The van der Waals surface area contributed by atoms with Gasteiger partial charge in [-0.05, 0) is 38.2 Å². The van der Waals surface area contributed by atoms with Crippen LogP contribution in [0.25, 0.3) is 28.3 Å². The van der Waals surface area contributed by atoms with Gasteiger partial charge in [-0.15, -0.1) is 0 Å². The Labute approximate surface area is 213 Å². The predicted octanol–water partition coefficient (Wildman–Crippen LogP) is 4.54. The lowest BCUT2D eigenvalue weighted by Gasteiger charge is -2.45. The number of likely N-dealkylation sites (tertiary alicyclic amines) is 1. The molecule has 37 heavy (non-hydrogen) atoms. The first-order chi connectivity index (χ1) is 18.0. The van der Waals surface area contributed by atoms with E-state index in [2.05, 4.69) is 27.2 Å². The zero-order chi connectivity index (χ0) is 25.7. The molecule has 4 heterocycles. The Morgan fingerprint density at radius 1 is 1.14 bits per heavy atom. The second-order valence-corrected chi connectivity index (χ2v) is 10.2. The smallest absolute Gasteiger partial charge is 0.273 e. The monoisotopic (exact) mass is 500 g/mol. The maximum absolute atomic E-state index is 13.8. The summed E-state index contributed by atoms with van der Waals surface area (Å²) in [6.45, 7) is 3.47. The van der Waals surface area contributed by atoms with Crippen LogP contribution in [0, 0.1) is 12.8 Å². The number of halogens is 1. The molecule has 0 unspecified atom stereocenters. The van der Waals surface area contributed by atoms with E-state index in [-0.39, 0.29) is 34.6 Å². The molecule has 1 saturated heterocycles. The van der Waals surface area contributed by atoms with E-state index >= 15 is 0 Å². The van der Waals surface area contributed by atoms with Crippen molar-refractivity contribution >= 4 is 11.6 Å². The molecule has 1 amide bonds. The Morgan fingerprint density at radius 2 is 1.86 bits per heavy atom. The molecule has 8 nitrogen and oxygen atoms in total. The molecule has 1 N–H and O–H groups in total. The van der Waals surface area contributed by atoms with E-state index in [1.807, 2.05) is 19.1 Å². The fraction of sp³-hybridized carbons (Fsp3) is 0.393. The molecule has 0 bridgehead atoms. The molecule has 2 atom stereocenters. The van der Waals surface area contributed by atoms with Crippen LogP contribution in [0.1, 0.15) is 60.1 Å². The Bertz CT molecular complexity index is 1540. The van der Waals surface area contributed by atoms with Crippen molar-refractivity contribution in [2.75, 3.05) is 13.2 Å². The van der Waals surface area contributed by atoms with Crippen molar-refractivity contribution in [3.8, 4) is 22.6 Å². The zero-order valence-corrected chi connectivity index (χ0v) is 20.9. The average Bonchev–Trinajstić information content (AvgIpc) is 3.57. The van der Waals surface area contributed by atoms with E-state index in [0.717, 1.165) is 5.56 Å². The van der Waals surface area contributed by atoms with Gasteiger partial charge in [0.05, 0.1) is 23.8 Å². The molecule has 0 radical (unpaired) electrons. The van der Waals surface area contributed by atoms with Gasteiger partial charge in [0.25, 0.3) is 11.5 Å². The van der Waals surface area contributed by atoms with Crippen LogP contribution in [-0.2, 0) is 0 Å². The van der Waals surface area contributed by atoms with Gasteiger partial charge < -0.3 is 4.90 Å². The number of aryl methyl sites for hydroxylation is 1. The molecule has 2 aliphatic rings. The van der Waals surface area contributed by atoms with E-state index in [4.69, 9.17) is 4.98 Å². The minimum absolute atomic E-state index is 0.194. The highest BCUT2D eigenvalue weighted by atomic mass is 19.1. The molecule has 6 rings (SSSR count). The van der Waals surface area contributed by atoms with Gasteiger partial charge in [-0.25, -0.2) is 9.50 Å². The maximum atomic E-state index is 13.8. The van der Waals surface area contributed by atoms with Crippen molar-refractivity contribution < 1.29 is 9.18 Å². The third-order valence-corrected chi connectivity index (χ3v) is 8.04. The number of hydrogen-bond acceptors (Lipinski definition) is 5. The number of amides is 1. The van der Waals surface area contributed by atoms with E-state index in [9.17, 15) is 14.0 Å². The van der Waals surface area contributed by atoms with Crippen molar-refractivity contribution in [2.45, 2.75) is 51.5 Å². The molecule has 4 aromatic rings. The van der Waals surface area contributed by atoms with Gasteiger partial charge in [0, 0.05) is 42.5 Å². The summed E-state index contributed by atoms with van der Waals surface area (Å²) in [5.74, 6) is 0.0885. The largest absolute Gasteiger partial charge is 0.335 e. The summed E-state index contributed by atoms with van der Waals surface area (Å²) in [6.07, 6.45) is 8.07. The standard InChI is InChI=1S/C28H29FN6O2/c1-16-25(31-12-11-30-16)26-24(28(37)34-15-21(14-29)17(34)2)27-32-22(13-23(36)35(27)33-26)20-9-7-19(8-10-20)18-5-3-4-6-18/h7-13,17-18,21,33H,3-6,14-15H2,1-2H3/t17-,21-/m0/s1. The fourth-order valence-electron chi connectivity index (χ4n) is 5.67. The third-order valence-electron chi connectivity index (χ3n) is 8.04. The van der Waals surface area contributed by atoms with Crippen LogP contribution >= 0.6 is 0 Å². The van der Waals surface area contributed by atoms with Gasteiger partial charge in [0.1, 0.15) is 11.3 Å². The normalized spacial score (nSPS) is 19.9. The highest BCUT2D eigenvalue weighted by Gasteiger charge is 2.41. The number of hydrogen-bond donors (Lipinski definition) is 1. The van der Waals surface area contributed by atoms with Gasteiger partial charge in [0.15, 0.2) is 5.65 Å². The number of aromatic amines is 1. The number of carbonyl (C=O) groups excluding carboxylic acids is 1. The highest BCUT2D eigenvalue weighted by Crippen LogP contribution is 2.35. The van der Waals surface area contributed by atoms with Crippen LogP contribution < -0.4 is 5.56 Å². The molecular formula is C28H29FN6O2. The van der Waals surface area contributed by atoms with Gasteiger partial charge >= 0.3 is 0 Å². The molecule has 0 spiro atoms. The van der Waals surface area contributed by atoms with Crippen molar-refractivity contribution in [1.29, 1.82) is 0 Å². The lowest BCUT2D eigenvalue weighted by molar-refractivity contribution is 0.0142. The van der Waals surface area contributed by atoms with Crippen molar-refractivity contribution in [1.82, 2.24) is 29.5 Å². The number of carbonyl (C=O) groups is 1. The number of benzene rings is 1. The predicted molar refractivity (Wildman–Crippen MR) is 138 cm³/mol. The van der Waals surface area contributed by atoms with Gasteiger partial charge in [0.2, 0.25) is 0 Å². The van der Waals surface area contributed by atoms with Crippen LogP contribution in [0.3, 0.4) is 0 Å². The quantitative estimate of drug-likeness (QED) is 0.434. The third kappa shape index (κ3) is 3.93. The van der Waals surface area contributed by atoms with Crippen molar-refractivity contribution in [2.24, 2.45) is 5.92 Å². The molecule has 1 aliphatic carbocycles. The second-order valence-electron chi connectivity index (χ2n) is 10.2. The van der Waals surface area contributed by atoms with E-state index in [0.29, 0.717) is 35.2 Å². The number of alkyl halides is 1. The van der Waals surface area contributed by atoms with E-state index < -0.39 is 6.67 Å². The summed E-state index contributed by atoms with van der Waals surface area (Å²) >= 11 is 0. The second kappa shape index (κ2) is 9.21. The molecule has 190 valence electrons. The van der Waals surface area contributed by atoms with E-state index in [1.165, 1.54) is 41.8 Å². The molecular weight excluding hydrogens is 471 g/mol. The Kier molecular flexibility index (Phi) is 5.85. The van der Waals surface area contributed by atoms with Crippen molar-refractivity contribution in [3.63, 3.8) is 0 Å². The van der Waals surface area contributed by atoms with Crippen LogP contribution in [0.4, 0.5) is 4.39 Å². The number of H-pyrrole nitrogens is 1. The lowest BCUT2D eigenvalue weighted by atomic mass is 9.90. The number of rotatable bonds is 5. The topological polar surface area (TPSA) is 96.2 Å².